The maximum atomic E-state index is 11.7. The first kappa shape index (κ1) is 20.2. The van der Waals surface area contributed by atoms with Crippen LogP contribution in [0.1, 0.15) is 40.7 Å². The summed E-state index contributed by atoms with van der Waals surface area (Å²) in [6.45, 7) is 0. The first-order valence-electron chi connectivity index (χ1n) is 10.2. The number of carbonyl (C=O) groups excluding carboxylic acids is 1. The van der Waals surface area contributed by atoms with Crippen LogP contribution in [-0.2, 0) is 11.2 Å². The zero-order valence-corrected chi connectivity index (χ0v) is 17.9. The standard InChI is InChI=1S/C27H25NOS/c1-30-28-26(29)19-16-20-14-17-23(18-15-20)27-24-12-6-5-10-22(24)11-7-13-25(27)21-8-3-2-4-9-21/h2-6,8-10,12,14-19H,7,11,13H2,1H3,(H,28,29)/b19-16+. The Labute approximate surface area is 182 Å². The summed E-state index contributed by atoms with van der Waals surface area (Å²) in [5.41, 5.74) is 9.00. The Hall–Kier alpha value is -3.04. The lowest BCUT2D eigenvalue weighted by Crippen LogP contribution is -2.10. The molecule has 1 aliphatic carbocycles. The van der Waals surface area contributed by atoms with Crippen molar-refractivity contribution < 1.29 is 4.79 Å². The molecule has 0 atom stereocenters. The number of carbonyl (C=O) groups is 1. The lowest BCUT2D eigenvalue weighted by molar-refractivity contribution is -0.114. The van der Waals surface area contributed by atoms with Crippen LogP contribution in [-0.4, -0.2) is 12.2 Å². The van der Waals surface area contributed by atoms with Gasteiger partial charge in [0.25, 0.3) is 5.91 Å². The zero-order chi connectivity index (χ0) is 20.8. The summed E-state index contributed by atoms with van der Waals surface area (Å²) >= 11 is 1.30. The van der Waals surface area contributed by atoms with Crippen molar-refractivity contribution in [1.29, 1.82) is 0 Å². The molecule has 0 bridgehead atoms. The fraction of sp³-hybridized carbons (Fsp3) is 0.148. The van der Waals surface area contributed by atoms with Gasteiger partial charge in [0.2, 0.25) is 0 Å². The third-order valence-electron chi connectivity index (χ3n) is 5.41. The van der Waals surface area contributed by atoms with Gasteiger partial charge in [-0.2, -0.15) is 0 Å². The van der Waals surface area contributed by atoms with E-state index in [-0.39, 0.29) is 5.91 Å². The molecule has 0 aliphatic heterocycles. The van der Waals surface area contributed by atoms with E-state index < -0.39 is 0 Å². The summed E-state index contributed by atoms with van der Waals surface area (Å²) in [5.74, 6) is -0.0988. The van der Waals surface area contributed by atoms with E-state index in [0.717, 1.165) is 24.8 Å². The SMILES string of the molecule is CSNC(=O)/C=C/c1ccc(C2=C(c3ccccc3)CCCc3ccccc32)cc1. The molecule has 0 saturated carbocycles. The van der Waals surface area contributed by atoms with E-state index in [4.69, 9.17) is 0 Å². The molecule has 0 aromatic heterocycles. The lowest BCUT2D eigenvalue weighted by atomic mass is 9.87. The molecule has 1 aliphatic rings. The van der Waals surface area contributed by atoms with E-state index in [1.807, 2.05) is 12.3 Å². The van der Waals surface area contributed by atoms with Gasteiger partial charge in [0.1, 0.15) is 0 Å². The fourth-order valence-corrected chi connectivity index (χ4v) is 4.32. The Balaban J connectivity index is 1.78. The number of fused-ring (bicyclic) bond motifs is 1. The second kappa shape index (κ2) is 9.64. The largest absolute Gasteiger partial charge is 0.297 e. The number of amides is 1. The van der Waals surface area contributed by atoms with Gasteiger partial charge in [0, 0.05) is 12.3 Å². The third kappa shape index (κ3) is 4.58. The molecule has 0 radical (unpaired) electrons. The summed E-state index contributed by atoms with van der Waals surface area (Å²) in [5, 5.41) is 0. The van der Waals surface area contributed by atoms with E-state index >= 15 is 0 Å². The molecule has 3 aromatic carbocycles. The quantitative estimate of drug-likeness (QED) is 0.389. The fourth-order valence-electron chi connectivity index (χ4n) is 4.05. The molecule has 4 rings (SSSR count). The van der Waals surface area contributed by atoms with Crippen LogP contribution in [0.15, 0.2) is 84.9 Å². The smallest absolute Gasteiger partial charge is 0.253 e. The topological polar surface area (TPSA) is 29.1 Å². The maximum absolute atomic E-state index is 11.7. The van der Waals surface area contributed by atoms with Gasteiger partial charge in [0.15, 0.2) is 0 Å². The predicted molar refractivity (Wildman–Crippen MR) is 129 cm³/mol. The van der Waals surface area contributed by atoms with Crippen LogP contribution < -0.4 is 4.72 Å². The minimum atomic E-state index is -0.0988. The minimum absolute atomic E-state index is 0.0988. The number of allylic oxidation sites excluding steroid dienone is 1. The van der Waals surface area contributed by atoms with Crippen LogP contribution in [0.5, 0.6) is 0 Å². The summed E-state index contributed by atoms with van der Waals surface area (Å²) in [4.78, 5) is 11.7. The van der Waals surface area contributed by atoms with Gasteiger partial charge >= 0.3 is 0 Å². The van der Waals surface area contributed by atoms with E-state index in [2.05, 4.69) is 83.6 Å². The first-order valence-corrected chi connectivity index (χ1v) is 11.5. The molecular formula is C27H25NOS. The molecule has 150 valence electrons. The second-order valence-electron chi connectivity index (χ2n) is 7.36. The number of rotatable bonds is 5. The van der Waals surface area contributed by atoms with Crippen molar-refractivity contribution in [2.24, 2.45) is 0 Å². The lowest BCUT2D eigenvalue weighted by Gasteiger charge is -2.16. The molecule has 0 unspecified atom stereocenters. The molecule has 0 heterocycles. The zero-order valence-electron chi connectivity index (χ0n) is 17.1. The second-order valence-corrected chi connectivity index (χ2v) is 7.97. The van der Waals surface area contributed by atoms with Crippen LogP contribution in [0.2, 0.25) is 0 Å². The Morgan fingerprint density at radius 1 is 0.867 bits per heavy atom. The number of benzene rings is 3. The minimum Gasteiger partial charge on any atom is -0.297 e. The summed E-state index contributed by atoms with van der Waals surface area (Å²) in [6.07, 6.45) is 8.56. The van der Waals surface area contributed by atoms with E-state index in [1.54, 1.807) is 6.08 Å². The van der Waals surface area contributed by atoms with E-state index in [0.29, 0.717) is 0 Å². The summed E-state index contributed by atoms with van der Waals surface area (Å²) in [7, 11) is 0. The van der Waals surface area contributed by atoms with Gasteiger partial charge in [-0.15, -0.1) is 0 Å². The highest BCUT2D eigenvalue weighted by molar-refractivity contribution is 7.97. The number of hydrogen-bond donors (Lipinski definition) is 1. The van der Waals surface area contributed by atoms with Crippen molar-refractivity contribution >= 4 is 35.1 Å². The highest BCUT2D eigenvalue weighted by Crippen LogP contribution is 2.39. The molecule has 30 heavy (non-hydrogen) atoms. The van der Waals surface area contributed by atoms with E-state index in [9.17, 15) is 4.79 Å². The molecule has 0 spiro atoms. The average molecular weight is 412 g/mol. The number of nitrogens with one attached hydrogen (secondary N) is 1. The van der Waals surface area contributed by atoms with Crippen LogP contribution in [0, 0.1) is 0 Å². The van der Waals surface area contributed by atoms with Crippen molar-refractivity contribution in [2.75, 3.05) is 6.26 Å². The predicted octanol–water partition coefficient (Wildman–Crippen LogP) is 6.39. The Morgan fingerprint density at radius 3 is 2.37 bits per heavy atom. The van der Waals surface area contributed by atoms with Crippen LogP contribution in [0.4, 0.5) is 0 Å². The van der Waals surface area contributed by atoms with Gasteiger partial charge < -0.3 is 0 Å². The molecule has 1 N–H and O–H groups in total. The molecule has 3 heteroatoms. The Bertz CT molecular complexity index is 1080. The third-order valence-corrected chi connectivity index (χ3v) is 5.82. The molecule has 0 fully saturated rings. The highest BCUT2D eigenvalue weighted by atomic mass is 32.2. The first-order chi connectivity index (χ1) is 14.8. The van der Waals surface area contributed by atoms with Crippen LogP contribution in [0.25, 0.3) is 17.2 Å². The van der Waals surface area contributed by atoms with Crippen molar-refractivity contribution in [3.8, 4) is 0 Å². The van der Waals surface area contributed by atoms with Crippen molar-refractivity contribution in [3.63, 3.8) is 0 Å². The van der Waals surface area contributed by atoms with Gasteiger partial charge in [-0.05, 0) is 64.3 Å². The number of aryl methyl sites for hydroxylation is 1. The highest BCUT2D eigenvalue weighted by Gasteiger charge is 2.19. The monoisotopic (exact) mass is 411 g/mol. The van der Waals surface area contributed by atoms with Crippen LogP contribution in [0.3, 0.4) is 0 Å². The van der Waals surface area contributed by atoms with Crippen molar-refractivity contribution in [2.45, 2.75) is 19.3 Å². The molecule has 0 saturated heterocycles. The van der Waals surface area contributed by atoms with Gasteiger partial charge in [-0.1, -0.05) is 90.8 Å². The summed E-state index contributed by atoms with van der Waals surface area (Å²) < 4.78 is 2.70. The Morgan fingerprint density at radius 2 is 1.60 bits per heavy atom. The van der Waals surface area contributed by atoms with Gasteiger partial charge in [-0.3, -0.25) is 9.52 Å². The van der Waals surface area contributed by atoms with Gasteiger partial charge in [0.05, 0.1) is 0 Å². The molecule has 3 aromatic rings. The summed E-state index contributed by atoms with van der Waals surface area (Å²) in [6, 6.07) is 28.0. The number of hydrogen-bond acceptors (Lipinski definition) is 2. The van der Waals surface area contributed by atoms with E-state index in [1.165, 1.54) is 45.3 Å². The van der Waals surface area contributed by atoms with Crippen molar-refractivity contribution in [1.82, 2.24) is 4.72 Å². The Kier molecular flexibility index (Phi) is 6.50. The van der Waals surface area contributed by atoms with Crippen LogP contribution >= 0.6 is 11.9 Å². The van der Waals surface area contributed by atoms with Crippen molar-refractivity contribution in [3.05, 3.63) is 113 Å². The molecular weight excluding hydrogens is 386 g/mol. The van der Waals surface area contributed by atoms with Gasteiger partial charge in [-0.25, -0.2) is 0 Å². The normalized spacial score (nSPS) is 13.8. The maximum Gasteiger partial charge on any atom is 0.253 e. The average Bonchev–Trinajstić information content (AvgIpc) is 2.99. The molecule has 2 nitrogen and oxygen atoms in total. The molecule has 1 amide bonds.